The van der Waals surface area contributed by atoms with Gasteiger partial charge in [-0.15, -0.1) is 0 Å². The van der Waals surface area contributed by atoms with Crippen LogP contribution < -0.4 is 4.90 Å². The molecule has 2 aromatic rings. The zero-order valence-electron chi connectivity index (χ0n) is 22.1. The van der Waals surface area contributed by atoms with E-state index < -0.39 is 12.2 Å². The van der Waals surface area contributed by atoms with Gasteiger partial charge < -0.3 is 9.80 Å². The molecule has 0 radical (unpaired) electrons. The van der Waals surface area contributed by atoms with E-state index in [4.69, 9.17) is 0 Å². The molecule has 4 nitrogen and oxygen atoms in total. The number of hydrogen-bond donors (Lipinski definition) is 0. The lowest BCUT2D eigenvalue weighted by Gasteiger charge is -2.39. The molecule has 2 heterocycles. The SMILES string of the molecule is C=C(CC)N1CCC(C(=C)N(Cc2ccc(C3=NN=C(C(F)F)C3)cc2F)c2ccccc2)CC1.CC. The molecular formula is C30H37F3N4. The summed E-state index contributed by atoms with van der Waals surface area (Å²) >= 11 is 0. The molecule has 0 spiro atoms. The Morgan fingerprint density at radius 3 is 2.30 bits per heavy atom. The molecule has 2 aliphatic rings. The zero-order chi connectivity index (χ0) is 26.9. The van der Waals surface area contributed by atoms with Gasteiger partial charge in [0.05, 0.1) is 12.3 Å². The predicted octanol–water partition coefficient (Wildman–Crippen LogP) is 7.82. The standard InChI is InChI=1S/C28H31F3N4.C2H6/c1-4-19(2)34-14-12-21(13-15-34)20(3)35(24-8-6-5-7-9-24)18-23-11-10-22(16-25(23)29)26-17-27(28(30)31)33-32-26;1-2/h5-11,16,21,28H,2-4,12-15,17-18H2,1H3;1-2H3. The summed E-state index contributed by atoms with van der Waals surface area (Å²) in [6.07, 6.45) is 0.160. The summed E-state index contributed by atoms with van der Waals surface area (Å²) in [4.78, 5) is 4.42. The number of anilines is 1. The number of hydrogen-bond acceptors (Lipinski definition) is 4. The molecule has 0 unspecified atom stereocenters. The Morgan fingerprint density at radius 2 is 1.73 bits per heavy atom. The summed E-state index contributed by atoms with van der Waals surface area (Å²) in [6.45, 7) is 16.9. The molecule has 198 valence electrons. The van der Waals surface area contributed by atoms with Crippen molar-refractivity contribution in [2.45, 2.75) is 59.4 Å². The van der Waals surface area contributed by atoms with Gasteiger partial charge in [0, 0.05) is 53.6 Å². The molecule has 1 fully saturated rings. The van der Waals surface area contributed by atoms with Crippen molar-refractivity contribution in [3.05, 3.63) is 90.0 Å². The van der Waals surface area contributed by atoms with Crippen molar-refractivity contribution in [3.8, 4) is 0 Å². The highest BCUT2D eigenvalue weighted by molar-refractivity contribution is 6.15. The molecule has 0 aromatic heterocycles. The largest absolute Gasteiger partial charge is 0.375 e. The predicted molar refractivity (Wildman–Crippen MR) is 148 cm³/mol. The average molecular weight is 511 g/mol. The van der Waals surface area contributed by atoms with Gasteiger partial charge in [0.1, 0.15) is 11.5 Å². The summed E-state index contributed by atoms with van der Waals surface area (Å²) in [6, 6.07) is 14.7. The summed E-state index contributed by atoms with van der Waals surface area (Å²) in [7, 11) is 0. The molecule has 0 N–H and O–H groups in total. The molecule has 2 aliphatic heterocycles. The van der Waals surface area contributed by atoms with E-state index in [0.29, 0.717) is 23.4 Å². The summed E-state index contributed by atoms with van der Waals surface area (Å²) in [5.41, 5.74) is 4.13. The minimum Gasteiger partial charge on any atom is -0.375 e. The molecule has 2 aromatic carbocycles. The first-order valence-electron chi connectivity index (χ1n) is 13.0. The molecule has 0 atom stereocenters. The first-order chi connectivity index (χ1) is 17.9. The maximum Gasteiger partial charge on any atom is 0.278 e. The van der Waals surface area contributed by atoms with Crippen LogP contribution in [0.1, 0.15) is 57.6 Å². The Hall–Kier alpha value is -3.35. The van der Waals surface area contributed by atoms with Crippen LogP contribution in [-0.4, -0.2) is 35.8 Å². The number of nitrogens with zero attached hydrogens (tertiary/aromatic N) is 4. The second kappa shape index (κ2) is 13.3. The van der Waals surface area contributed by atoms with E-state index in [1.165, 1.54) is 6.07 Å². The van der Waals surface area contributed by atoms with Crippen LogP contribution in [-0.2, 0) is 6.54 Å². The van der Waals surface area contributed by atoms with E-state index in [1.807, 2.05) is 44.2 Å². The highest BCUT2D eigenvalue weighted by Crippen LogP contribution is 2.32. The lowest BCUT2D eigenvalue weighted by Crippen LogP contribution is -2.36. The molecular weight excluding hydrogens is 473 g/mol. The number of halogens is 3. The minimum atomic E-state index is -2.65. The second-order valence-corrected chi connectivity index (χ2v) is 9.02. The number of para-hydroxylation sites is 1. The zero-order valence-corrected chi connectivity index (χ0v) is 22.1. The van der Waals surface area contributed by atoms with E-state index >= 15 is 4.39 Å². The molecule has 1 saturated heterocycles. The number of piperidine rings is 1. The number of alkyl halides is 2. The number of benzene rings is 2. The minimum absolute atomic E-state index is 0.0629. The molecule has 0 saturated carbocycles. The van der Waals surface area contributed by atoms with E-state index in [9.17, 15) is 8.78 Å². The fourth-order valence-corrected chi connectivity index (χ4v) is 4.61. The molecule has 0 amide bonds. The molecule has 7 heteroatoms. The van der Waals surface area contributed by atoms with Gasteiger partial charge >= 0.3 is 0 Å². The highest BCUT2D eigenvalue weighted by atomic mass is 19.3. The van der Waals surface area contributed by atoms with Crippen molar-refractivity contribution in [1.29, 1.82) is 0 Å². The fraction of sp³-hybridized carbons (Fsp3) is 0.400. The van der Waals surface area contributed by atoms with Gasteiger partial charge in [0.25, 0.3) is 6.43 Å². The van der Waals surface area contributed by atoms with Gasteiger partial charge in [0.2, 0.25) is 0 Å². The van der Waals surface area contributed by atoms with Gasteiger partial charge in [-0.2, -0.15) is 10.2 Å². The van der Waals surface area contributed by atoms with Gasteiger partial charge in [-0.1, -0.05) is 64.3 Å². The fourth-order valence-electron chi connectivity index (χ4n) is 4.61. The Bertz CT molecular complexity index is 1130. The van der Waals surface area contributed by atoms with E-state index in [-0.39, 0.29) is 18.1 Å². The van der Waals surface area contributed by atoms with Gasteiger partial charge in [-0.3, -0.25) is 0 Å². The summed E-state index contributed by atoms with van der Waals surface area (Å²) in [5, 5.41) is 7.36. The van der Waals surface area contributed by atoms with Crippen LogP contribution in [0.5, 0.6) is 0 Å². The van der Waals surface area contributed by atoms with E-state index in [0.717, 1.165) is 49.4 Å². The second-order valence-electron chi connectivity index (χ2n) is 9.02. The molecule has 0 aliphatic carbocycles. The van der Waals surface area contributed by atoms with Gasteiger partial charge in [-0.05, 0) is 37.5 Å². The number of rotatable bonds is 9. The van der Waals surface area contributed by atoms with Gasteiger partial charge in [-0.25, -0.2) is 13.2 Å². The van der Waals surface area contributed by atoms with E-state index in [1.54, 1.807) is 12.1 Å². The van der Waals surface area contributed by atoms with Crippen LogP contribution in [0.2, 0.25) is 0 Å². The Kier molecular flexibility index (Phi) is 10.1. The lowest BCUT2D eigenvalue weighted by atomic mass is 9.92. The van der Waals surface area contributed by atoms with Crippen molar-refractivity contribution >= 4 is 17.1 Å². The third kappa shape index (κ3) is 6.90. The third-order valence-electron chi connectivity index (χ3n) is 6.85. The van der Waals surface area contributed by atoms with Crippen LogP contribution in [0.4, 0.5) is 18.9 Å². The molecule has 4 rings (SSSR count). The van der Waals surface area contributed by atoms with Crippen molar-refractivity contribution in [2.24, 2.45) is 16.1 Å². The van der Waals surface area contributed by atoms with Crippen molar-refractivity contribution in [1.82, 2.24) is 4.90 Å². The molecule has 37 heavy (non-hydrogen) atoms. The Balaban J connectivity index is 0.00000186. The van der Waals surface area contributed by atoms with Crippen LogP contribution in [0.3, 0.4) is 0 Å². The lowest BCUT2D eigenvalue weighted by molar-refractivity contribution is 0.224. The average Bonchev–Trinajstić information content (AvgIpc) is 3.44. The third-order valence-corrected chi connectivity index (χ3v) is 6.85. The number of allylic oxidation sites excluding steroid dienone is 2. The first-order valence-corrected chi connectivity index (χ1v) is 13.0. The van der Waals surface area contributed by atoms with E-state index in [2.05, 4.69) is 40.1 Å². The quantitative estimate of drug-likeness (QED) is 0.344. The van der Waals surface area contributed by atoms with Gasteiger partial charge in [0.15, 0.2) is 0 Å². The van der Waals surface area contributed by atoms with Crippen molar-refractivity contribution < 1.29 is 13.2 Å². The van der Waals surface area contributed by atoms with Crippen LogP contribution in [0, 0.1) is 11.7 Å². The van der Waals surface area contributed by atoms with Crippen molar-refractivity contribution in [2.75, 3.05) is 18.0 Å². The summed E-state index contributed by atoms with van der Waals surface area (Å²) in [5.74, 6) is -0.116. The Labute approximate surface area is 218 Å². The normalized spacial score (nSPS) is 15.6. The Morgan fingerprint density at radius 1 is 1.05 bits per heavy atom. The topological polar surface area (TPSA) is 31.2 Å². The first kappa shape index (κ1) is 28.2. The maximum absolute atomic E-state index is 15.2. The smallest absolute Gasteiger partial charge is 0.278 e. The molecule has 0 bridgehead atoms. The highest BCUT2D eigenvalue weighted by Gasteiger charge is 2.27. The maximum atomic E-state index is 15.2. The van der Waals surface area contributed by atoms with Crippen molar-refractivity contribution in [3.63, 3.8) is 0 Å². The monoisotopic (exact) mass is 510 g/mol. The summed E-state index contributed by atoms with van der Waals surface area (Å²) < 4.78 is 41.0. The van der Waals surface area contributed by atoms with Crippen LogP contribution in [0.25, 0.3) is 0 Å². The number of likely N-dealkylation sites (tertiary alicyclic amines) is 1. The van der Waals surface area contributed by atoms with Crippen LogP contribution >= 0.6 is 0 Å². The van der Waals surface area contributed by atoms with Crippen LogP contribution in [0.15, 0.2) is 83.3 Å².